The zero-order valence-corrected chi connectivity index (χ0v) is 10.7. The number of fused-ring (bicyclic) bond motifs is 1. The van der Waals surface area contributed by atoms with E-state index >= 15 is 0 Å². The fourth-order valence-corrected chi connectivity index (χ4v) is 2.43. The molecule has 2 nitrogen and oxygen atoms in total. The Morgan fingerprint density at radius 2 is 1.78 bits per heavy atom. The van der Waals surface area contributed by atoms with Gasteiger partial charge < -0.3 is 0 Å². The lowest BCUT2D eigenvalue weighted by molar-refractivity contribution is 0.662. The molecule has 0 aliphatic heterocycles. The van der Waals surface area contributed by atoms with Gasteiger partial charge in [0.25, 0.3) is 0 Å². The zero-order valence-electron chi connectivity index (χ0n) is 10.7. The van der Waals surface area contributed by atoms with Crippen LogP contribution in [0.4, 0.5) is 0 Å². The Balaban J connectivity index is 2.07. The fourth-order valence-electron chi connectivity index (χ4n) is 2.43. The molecule has 1 heterocycles. The summed E-state index contributed by atoms with van der Waals surface area (Å²) in [6.07, 6.45) is 0. The topological polar surface area (TPSA) is 17.8 Å². The van der Waals surface area contributed by atoms with E-state index < -0.39 is 0 Å². The highest BCUT2D eigenvalue weighted by molar-refractivity contribution is 5.85. The van der Waals surface area contributed by atoms with Crippen molar-refractivity contribution in [2.75, 3.05) is 0 Å². The van der Waals surface area contributed by atoms with E-state index in [1.165, 1.54) is 22.0 Å². The van der Waals surface area contributed by atoms with Crippen LogP contribution < -0.4 is 0 Å². The zero-order chi connectivity index (χ0) is 12.5. The quantitative estimate of drug-likeness (QED) is 0.663. The Kier molecular flexibility index (Phi) is 2.63. The number of aryl methyl sites for hydroxylation is 2. The van der Waals surface area contributed by atoms with Crippen LogP contribution in [0.15, 0.2) is 48.5 Å². The van der Waals surface area contributed by atoms with E-state index in [9.17, 15) is 0 Å². The van der Waals surface area contributed by atoms with E-state index in [1.54, 1.807) is 0 Å². The Morgan fingerprint density at radius 3 is 2.56 bits per heavy atom. The first-order valence-corrected chi connectivity index (χ1v) is 6.22. The van der Waals surface area contributed by atoms with E-state index in [2.05, 4.69) is 65.2 Å². The maximum atomic E-state index is 4.53. The van der Waals surface area contributed by atoms with Crippen LogP contribution in [0, 0.1) is 13.8 Å². The lowest BCUT2D eigenvalue weighted by Gasteiger charge is -2.08. The van der Waals surface area contributed by atoms with Gasteiger partial charge in [0, 0.05) is 5.69 Å². The van der Waals surface area contributed by atoms with Gasteiger partial charge in [0.05, 0.1) is 12.2 Å². The van der Waals surface area contributed by atoms with E-state index in [-0.39, 0.29) is 0 Å². The Morgan fingerprint density at radius 1 is 1.00 bits per heavy atom. The molecule has 1 aromatic heterocycles. The number of aromatic nitrogens is 2. The van der Waals surface area contributed by atoms with Gasteiger partial charge in [0.15, 0.2) is 0 Å². The van der Waals surface area contributed by atoms with Crippen molar-refractivity contribution in [2.24, 2.45) is 0 Å². The van der Waals surface area contributed by atoms with E-state index in [4.69, 9.17) is 0 Å². The number of hydrogen-bond acceptors (Lipinski definition) is 1. The molecule has 0 saturated heterocycles. The summed E-state index contributed by atoms with van der Waals surface area (Å²) in [5, 5.41) is 7.13. The second kappa shape index (κ2) is 4.30. The molecule has 0 fully saturated rings. The third-order valence-corrected chi connectivity index (χ3v) is 3.30. The van der Waals surface area contributed by atoms with Gasteiger partial charge in [0.2, 0.25) is 0 Å². The molecule has 0 spiro atoms. The number of hydrogen-bond donors (Lipinski definition) is 0. The van der Waals surface area contributed by atoms with Crippen molar-refractivity contribution >= 4 is 10.8 Å². The van der Waals surface area contributed by atoms with Crippen molar-refractivity contribution in [1.82, 2.24) is 9.78 Å². The standard InChI is InChI=1S/C16H16N2/c1-12-10-13(2)18(17-12)11-15-8-5-7-14-6-3-4-9-16(14)15/h3-10H,11H2,1-2H3. The molecule has 0 saturated carbocycles. The van der Waals surface area contributed by atoms with Gasteiger partial charge in [-0.3, -0.25) is 4.68 Å². The fraction of sp³-hybridized carbons (Fsp3) is 0.188. The molecular weight excluding hydrogens is 220 g/mol. The van der Waals surface area contributed by atoms with Crippen LogP contribution in [0.3, 0.4) is 0 Å². The summed E-state index contributed by atoms with van der Waals surface area (Å²) in [5.74, 6) is 0. The summed E-state index contributed by atoms with van der Waals surface area (Å²) in [6.45, 7) is 4.97. The highest BCUT2D eigenvalue weighted by Gasteiger charge is 2.04. The third kappa shape index (κ3) is 1.90. The molecule has 18 heavy (non-hydrogen) atoms. The van der Waals surface area contributed by atoms with Gasteiger partial charge in [-0.1, -0.05) is 42.5 Å². The minimum atomic E-state index is 0.834. The predicted octanol–water partition coefficient (Wildman–Crippen LogP) is 3.70. The van der Waals surface area contributed by atoms with E-state index in [0.717, 1.165) is 12.2 Å². The van der Waals surface area contributed by atoms with Crippen LogP contribution in [0.25, 0.3) is 10.8 Å². The average molecular weight is 236 g/mol. The minimum Gasteiger partial charge on any atom is -0.265 e. The first kappa shape index (κ1) is 11.0. The van der Waals surface area contributed by atoms with Crippen molar-refractivity contribution in [3.05, 3.63) is 65.5 Å². The normalized spacial score (nSPS) is 11.0. The molecule has 0 atom stereocenters. The van der Waals surface area contributed by atoms with E-state index in [0.29, 0.717) is 0 Å². The number of nitrogens with zero attached hydrogens (tertiary/aromatic N) is 2. The molecule has 0 aliphatic carbocycles. The van der Waals surface area contributed by atoms with Crippen LogP contribution in [0.2, 0.25) is 0 Å². The second-order valence-electron chi connectivity index (χ2n) is 4.72. The summed E-state index contributed by atoms with van der Waals surface area (Å²) in [4.78, 5) is 0. The van der Waals surface area contributed by atoms with Crippen molar-refractivity contribution in [3.8, 4) is 0 Å². The molecule has 3 rings (SSSR count). The van der Waals surface area contributed by atoms with E-state index in [1.807, 2.05) is 6.92 Å². The summed E-state index contributed by atoms with van der Waals surface area (Å²) in [5.41, 5.74) is 3.60. The molecule has 0 radical (unpaired) electrons. The smallest absolute Gasteiger partial charge is 0.0668 e. The Bertz CT molecular complexity index is 690. The SMILES string of the molecule is Cc1cc(C)n(Cc2cccc3ccccc23)n1. The van der Waals surface area contributed by atoms with Crippen LogP contribution in [-0.4, -0.2) is 9.78 Å². The minimum absolute atomic E-state index is 0.834. The average Bonchev–Trinajstić information content (AvgIpc) is 2.68. The summed E-state index contributed by atoms with van der Waals surface area (Å²) in [7, 11) is 0. The molecule has 3 aromatic rings. The molecule has 0 aliphatic rings. The van der Waals surface area contributed by atoms with Crippen LogP contribution in [0.5, 0.6) is 0 Å². The number of rotatable bonds is 2. The van der Waals surface area contributed by atoms with Gasteiger partial charge in [0.1, 0.15) is 0 Å². The highest BCUT2D eigenvalue weighted by Crippen LogP contribution is 2.19. The molecular formula is C16H16N2. The van der Waals surface area contributed by atoms with Crippen molar-refractivity contribution in [2.45, 2.75) is 20.4 Å². The van der Waals surface area contributed by atoms with Gasteiger partial charge in [-0.2, -0.15) is 5.10 Å². The molecule has 0 amide bonds. The molecule has 90 valence electrons. The maximum absolute atomic E-state index is 4.53. The largest absolute Gasteiger partial charge is 0.265 e. The molecule has 2 heteroatoms. The lowest BCUT2D eigenvalue weighted by atomic mass is 10.0. The lowest BCUT2D eigenvalue weighted by Crippen LogP contribution is -2.04. The van der Waals surface area contributed by atoms with Gasteiger partial charge in [-0.05, 0) is 36.2 Å². The second-order valence-corrected chi connectivity index (χ2v) is 4.72. The monoisotopic (exact) mass is 236 g/mol. The Hall–Kier alpha value is -2.09. The van der Waals surface area contributed by atoms with Gasteiger partial charge >= 0.3 is 0 Å². The van der Waals surface area contributed by atoms with Crippen LogP contribution in [0.1, 0.15) is 17.0 Å². The van der Waals surface area contributed by atoms with Crippen molar-refractivity contribution in [3.63, 3.8) is 0 Å². The predicted molar refractivity (Wildman–Crippen MR) is 74.8 cm³/mol. The van der Waals surface area contributed by atoms with Crippen LogP contribution >= 0.6 is 0 Å². The van der Waals surface area contributed by atoms with Crippen molar-refractivity contribution in [1.29, 1.82) is 0 Å². The highest BCUT2D eigenvalue weighted by atomic mass is 15.3. The summed E-state index contributed by atoms with van der Waals surface area (Å²) < 4.78 is 2.07. The molecule has 0 unspecified atom stereocenters. The molecule has 0 bridgehead atoms. The van der Waals surface area contributed by atoms with Gasteiger partial charge in [-0.15, -0.1) is 0 Å². The summed E-state index contributed by atoms with van der Waals surface area (Å²) >= 11 is 0. The van der Waals surface area contributed by atoms with Gasteiger partial charge in [-0.25, -0.2) is 0 Å². The van der Waals surface area contributed by atoms with Crippen molar-refractivity contribution < 1.29 is 0 Å². The summed E-state index contributed by atoms with van der Waals surface area (Å²) in [6, 6.07) is 17.1. The first-order valence-electron chi connectivity index (χ1n) is 6.22. The molecule has 0 N–H and O–H groups in total. The Labute approximate surface area is 107 Å². The third-order valence-electron chi connectivity index (χ3n) is 3.30. The number of benzene rings is 2. The molecule has 2 aromatic carbocycles. The van der Waals surface area contributed by atoms with Crippen LogP contribution in [-0.2, 0) is 6.54 Å². The first-order chi connectivity index (χ1) is 8.74. The maximum Gasteiger partial charge on any atom is 0.0668 e.